The van der Waals surface area contributed by atoms with Gasteiger partial charge in [0.25, 0.3) is 0 Å². The Bertz CT molecular complexity index is 723. The van der Waals surface area contributed by atoms with Crippen molar-refractivity contribution in [1.29, 1.82) is 0 Å². The van der Waals surface area contributed by atoms with Crippen LogP contribution in [-0.2, 0) is 4.74 Å². The zero-order valence-corrected chi connectivity index (χ0v) is 12.5. The van der Waals surface area contributed by atoms with Gasteiger partial charge in [-0.25, -0.2) is 0 Å². The molecule has 0 spiro atoms. The standard InChI is InChI=1S/C15H16O8/c1-14(20)4-6-11(17)10-9(13(19)15(6,21)5-23-14)7(16)3-8(22-2)12(10)18/h3,6,16,18,20-21H,4-5H2,1-2H3/t6-,14-,15-/m1/s1. The van der Waals surface area contributed by atoms with E-state index in [9.17, 15) is 30.0 Å². The molecule has 1 aliphatic carbocycles. The summed E-state index contributed by atoms with van der Waals surface area (Å²) in [5.41, 5.74) is -3.10. The number of ketones is 2. The van der Waals surface area contributed by atoms with E-state index in [1.165, 1.54) is 14.0 Å². The fraction of sp³-hybridized carbons (Fsp3) is 0.467. The second-order valence-electron chi connectivity index (χ2n) is 6.03. The number of ether oxygens (including phenoxy) is 2. The van der Waals surface area contributed by atoms with Crippen molar-refractivity contribution >= 4 is 11.6 Å². The molecule has 8 heteroatoms. The Morgan fingerprint density at radius 3 is 2.52 bits per heavy atom. The van der Waals surface area contributed by atoms with E-state index in [1.54, 1.807) is 0 Å². The number of aromatic hydroxyl groups is 2. The predicted octanol–water partition coefficient (Wildman–Crippen LogP) is -0.0385. The fourth-order valence-corrected chi connectivity index (χ4v) is 3.16. The van der Waals surface area contributed by atoms with Gasteiger partial charge in [-0.05, 0) is 6.92 Å². The van der Waals surface area contributed by atoms with E-state index in [2.05, 4.69) is 0 Å². The molecule has 23 heavy (non-hydrogen) atoms. The maximum absolute atomic E-state index is 12.7. The molecule has 2 aliphatic rings. The summed E-state index contributed by atoms with van der Waals surface area (Å²) < 4.78 is 9.92. The molecule has 0 amide bonds. The molecule has 0 unspecified atom stereocenters. The van der Waals surface area contributed by atoms with Crippen molar-refractivity contribution in [1.82, 2.24) is 0 Å². The predicted molar refractivity (Wildman–Crippen MR) is 74.6 cm³/mol. The van der Waals surface area contributed by atoms with Crippen molar-refractivity contribution in [2.75, 3.05) is 13.7 Å². The molecule has 8 nitrogen and oxygen atoms in total. The van der Waals surface area contributed by atoms with Gasteiger partial charge in [0.2, 0.25) is 5.78 Å². The van der Waals surface area contributed by atoms with Crippen LogP contribution in [0.5, 0.6) is 17.2 Å². The topological polar surface area (TPSA) is 134 Å². The first kappa shape index (κ1) is 15.7. The molecule has 4 N–H and O–H groups in total. The van der Waals surface area contributed by atoms with Gasteiger partial charge in [-0.1, -0.05) is 0 Å². The molecule has 0 bridgehead atoms. The van der Waals surface area contributed by atoms with Crippen LogP contribution in [0.3, 0.4) is 0 Å². The number of hydrogen-bond donors (Lipinski definition) is 4. The molecule has 1 aliphatic heterocycles. The summed E-state index contributed by atoms with van der Waals surface area (Å²) in [4.78, 5) is 25.4. The molecule has 0 saturated carbocycles. The van der Waals surface area contributed by atoms with Crippen LogP contribution in [0.1, 0.15) is 34.1 Å². The number of phenols is 2. The number of carbonyl (C=O) groups excluding carboxylic acids is 2. The number of phenolic OH excluding ortho intramolecular Hbond substituents is 2. The summed E-state index contributed by atoms with van der Waals surface area (Å²) in [7, 11) is 1.23. The lowest BCUT2D eigenvalue weighted by atomic mass is 9.67. The maximum Gasteiger partial charge on any atom is 0.202 e. The number of Topliss-reactive ketones (excluding diaryl/α,β-unsaturated/α-hetero) is 2. The molecule has 0 aromatic heterocycles. The summed E-state index contributed by atoms with van der Waals surface area (Å²) in [6, 6.07) is 0.989. The van der Waals surface area contributed by atoms with Gasteiger partial charge in [-0.15, -0.1) is 0 Å². The van der Waals surface area contributed by atoms with Crippen LogP contribution in [0.15, 0.2) is 6.07 Å². The Hall–Kier alpha value is -2.16. The number of carbonyl (C=O) groups is 2. The minimum absolute atomic E-state index is 0.174. The molecular formula is C15H16O8. The average molecular weight is 324 g/mol. The summed E-state index contributed by atoms with van der Waals surface area (Å²) in [5, 5.41) is 40.8. The van der Waals surface area contributed by atoms with Crippen LogP contribution >= 0.6 is 0 Å². The number of aliphatic hydroxyl groups is 2. The van der Waals surface area contributed by atoms with Gasteiger partial charge in [0.1, 0.15) is 5.75 Å². The van der Waals surface area contributed by atoms with Crippen molar-refractivity contribution in [2.45, 2.75) is 24.7 Å². The lowest BCUT2D eigenvalue weighted by Crippen LogP contribution is -2.62. The summed E-state index contributed by atoms with van der Waals surface area (Å²) in [6.07, 6.45) is -0.328. The van der Waals surface area contributed by atoms with Crippen LogP contribution in [-0.4, -0.2) is 57.1 Å². The number of benzene rings is 1. The van der Waals surface area contributed by atoms with Gasteiger partial charge in [0, 0.05) is 12.5 Å². The van der Waals surface area contributed by atoms with Crippen molar-refractivity contribution in [3.8, 4) is 17.2 Å². The molecule has 1 fully saturated rings. The van der Waals surface area contributed by atoms with Crippen LogP contribution in [0.2, 0.25) is 0 Å². The third-order valence-electron chi connectivity index (χ3n) is 4.41. The minimum Gasteiger partial charge on any atom is -0.507 e. The van der Waals surface area contributed by atoms with Crippen LogP contribution in [0.25, 0.3) is 0 Å². The number of methoxy groups -OCH3 is 1. The highest BCUT2D eigenvalue weighted by atomic mass is 16.6. The molecule has 124 valence electrons. The first-order valence-corrected chi connectivity index (χ1v) is 6.93. The van der Waals surface area contributed by atoms with E-state index < -0.39 is 58.1 Å². The molecule has 3 atom stereocenters. The van der Waals surface area contributed by atoms with Crippen LogP contribution in [0, 0.1) is 5.92 Å². The van der Waals surface area contributed by atoms with Gasteiger partial charge in [-0.3, -0.25) is 9.59 Å². The summed E-state index contributed by atoms with van der Waals surface area (Å²) in [5.74, 6) is -6.05. The molecular weight excluding hydrogens is 308 g/mol. The van der Waals surface area contributed by atoms with E-state index in [1.807, 2.05) is 0 Å². The maximum atomic E-state index is 12.7. The average Bonchev–Trinajstić information content (AvgIpc) is 2.48. The van der Waals surface area contributed by atoms with Gasteiger partial charge in [-0.2, -0.15) is 0 Å². The van der Waals surface area contributed by atoms with Gasteiger partial charge in [0.05, 0.1) is 30.8 Å². The zero-order valence-electron chi connectivity index (χ0n) is 12.5. The number of rotatable bonds is 1. The monoisotopic (exact) mass is 324 g/mol. The van der Waals surface area contributed by atoms with E-state index in [4.69, 9.17) is 9.47 Å². The van der Waals surface area contributed by atoms with Crippen LogP contribution in [0.4, 0.5) is 0 Å². The van der Waals surface area contributed by atoms with Crippen molar-refractivity contribution < 1.29 is 39.5 Å². The van der Waals surface area contributed by atoms with Crippen molar-refractivity contribution in [3.05, 3.63) is 17.2 Å². The third-order valence-corrected chi connectivity index (χ3v) is 4.41. The Labute approximate surface area is 130 Å². The zero-order chi connectivity index (χ0) is 17.2. The van der Waals surface area contributed by atoms with E-state index in [0.717, 1.165) is 6.07 Å². The molecule has 1 saturated heterocycles. The summed E-state index contributed by atoms with van der Waals surface area (Å²) in [6.45, 7) is 0.712. The van der Waals surface area contributed by atoms with E-state index in [0.29, 0.717) is 0 Å². The first-order valence-electron chi connectivity index (χ1n) is 6.93. The second kappa shape index (κ2) is 4.67. The normalized spacial score (nSPS) is 33.1. The summed E-state index contributed by atoms with van der Waals surface area (Å²) >= 11 is 0. The molecule has 1 aromatic carbocycles. The Morgan fingerprint density at radius 1 is 1.26 bits per heavy atom. The third kappa shape index (κ3) is 2.03. The smallest absolute Gasteiger partial charge is 0.202 e. The van der Waals surface area contributed by atoms with E-state index >= 15 is 0 Å². The quantitative estimate of drug-likeness (QED) is 0.529. The van der Waals surface area contributed by atoms with Gasteiger partial charge in [0.15, 0.2) is 28.7 Å². The SMILES string of the molecule is COc1cc(O)c2c(c1O)C(=O)[C@H]1C[C@](C)(O)OC[C@]1(O)C2=O. The van der Waals surface area contributed by atoms with Crippen molar-refractivity contribution in [2.24, 2.45) is 5.92 Å². The Balaban J connectivity index is 2.26. The second-order valence-corrected chi connectivity index (χ2v) is 6.03. The Morgan fingerprint density at radius 2 is 1.91 bits per heavy atom. The minimum atomic E-state index is -2.20. The molecule has 3 rings (SSSR count). The highest BCUT2D eigenvalue weighted by Crippen LogP contribution is 2.49. The lowest BCUT2D eigenvalue weighted by molar-refractivity contribution is -0.257. The highest BCUT2D eigenvalue weighted by molar-refractivity contribution is 6.22. The van der Waals surface area contributed by atoms with Crippen molar-refractivity contribution in [3.63, 3.8) is 0 Å². The Kier molecular flexibility index (Phi) is 3.19. The van der Waals surface area contributed by atoms with E-state index in [-0.39, 0.29) is 12.2 Å². The highest BCUT2D eigenvalue weighted by Gasteiger charge is 2.59. The largest absolute Gasteiger partial charge is 0.507 e. The number of fused-ring (bicyclic) bond motifs is 2. The fourth-order valence-electron chi connectivity index (χ4n) is 3.16. The molecule has 0 radical (unpaired) electrons. The van der Waals surface area contributed by atoms with Gasteiger partial charge >= 0.3 is 0 Å². The van der Waals surface area contributed by atoms with Gasteiger partial charge < -0.3 is 29.9 Å². The first-order chi connectivity index (χ1) is 10.6. The lowest BCUT2D eigenvalue weighted by Gasteiger charge is -2.46. The van der Waals surface area contributed by atoms with Crippen LogP contribution < -0.4 is 4.74 Å². The number of hydrogen-bond acceptors (Lipinski definition) is 8. The molecule has 1 heterocycles. The molecule has 1 aromatic rings.